The molecule has 2 aromatic heterocycles. The highest BCUT2D eigenvalue weighted by Crippen LogP contribution is 2.11. The molecule has 2 rings (SSSR count). The SMILES string of the molecule is CNc1cc(S(=O)(=O)NCCn2ccnn2)ccn1. The summed E-state index contributed by atoms with van der Waals surface area (Å²) in [6, 6.07) is 2.91. The van der Waals surface area contributed by atoms with Crippen LogP contribution in [0.25, 0.3) is 0 Å². The lowest BCUT2D eigenvalue weighted by molar-refractivity contribution is 0.553. The molecule has 2 N–H and O–H groups in total. The molecule has 0 spiro atoms. The maximum absolute atomic E-state index is 12.0. The maximum Gasteiger partial charge on any atom is 0.240 e. The van der Waals surface area contributed by atoms with Crippen LogP contribution in [0.2, 0.25) is 0 Å². The third kappa shape index (κ3) is 3.48. The van der Waals surface area contributed by atoms with E-state index in [-0.39, 0.29) is 11.4 Å². The minimum Gasteiger partial charge on any atom is -0.373 e. The van der Waals surface area contributed by atoms with Crippen LogP contribution in [0.15, 0.2) is 35.6 Å². The van der Waals surface area contributed by atoms with E-state index in [1.807, 2.05) is 0 Å². The molecule has 2 heterocycles. The van der Waals surface area contributed by atoms with E-state index in [2.05, 4.69) is 25.3 Å². The third-order valence-electron chi connectivity index (χ3n) is 2.40. The molecule has 9 heteroatoms. The van der Waals surface area contributed by atoms with Crippen molar-refractivity contribution in [3.05, 3.63) is 30.7 Å². The van der Waals surface area contributed by atoms with Crippen molar-refractivity contribution in [1.29, 1.82) is 0 Å². The minimum absolute atomic E-state index is 0.172. The molecule has 0 bridgehead atoms. The Bertz CT molecular complexity index is 625. The van der Waals surface area contributed by atoms with E-state index >= 15 is 0 Å². The lowest BCUT2D eigenvalue weighted by atomic mass is 10.5. The van der Waals surface area contributed by atoms with E-state index in [0.29, 0.717) is 12.4 Å². The van der Waals surface area contributed by atoms with E-state index in [1.54, 1.807) is 17.9 Å². The van der Waals surface area contributed by atoms with E-state index in [1.165, 1.54) is 24.5 Å². The van der Waals surface area contributed by atoms with E-state index in [9.17, 15) is 8.42 Å². The molecule has 8 nitrogen and oxygen atoms in total. The van der Waals surface area contributed by atoms with Crippen LogP contribution in [0.4, 0.5) is 5.82 Å². The lowest BCUT2D eigenvalue weighted by Gasteiger charge is -2.07. The molecule has 19 heavy (non-hydrogen) atoms. The molecule has 0 saturated carbocycles. The number of sulfonamides is 1. The zero-order chi connectivity index (χ0) is 13.7. The fourth-order valence-electron chi connectivity index (χ4n) is 1.44. The quantitative estimate of drug-likeness (QED) is 0.754. The smallest absolute Gasteiger partial charge is 0.240 e. The third-order valence-corrected chi connectivity index (χ3v) is 3.86. The molecule has 2 aromatic rings. The molecule has 0 fully saturated rings. The number of rotatable bonds is 6. The van der Waals surface area contributed by atoms with Gasteiger partial charge >= 0.3 is 0 Å². The van der Waals surface area contributed by atoms with E-state index in [4.69, 9.17) is 0 Å². The van der Waals surface area contributed by atoms with Gasteiger partial charge in [0.15, 0.2) is 0 Å². The largest absolute Gasteiger partial charge is 0.373 e. The molecule has 0 aromatic carbocycles. The van der Waals surface area contributed by atoms with Crippen molar-refractivity contribution < 1.29 is 8.42 Å². The molecule has 0 aliphatic rings. The van der Waals surface area contributed by atoms with Gasteiger partial charge in [-0.2, -0.15) is 0 Å². The normalized spacial score (nSPS) is 11.4. The lowest BCUT2D eigenvalue weighted by Crippen LogP contribution is -2.27. The van der Waals surface area contributed by atoms with Gasteiger partial charge in [0.1, 0.15) is 5.82 Å². The van der Waals surface area contributed by atoms with Crippen molar-refractivity contribution in [2.45, 2.75) is 11.4 Å². The second-order valence-electron chi connectivity index (χ2n) is 3.69. The number of nitrogens with zero attached hydrogens (tertiary/aromatic N) is 4. The molecule has 0 aliphatic carbocycles. The topological polar surface area (TPSA) is 102 Å². The number of anilines is 1. The Labute approximate surface area is 110 Å². The van der Waals surface area contributed by atoms with Gasteiger partial charge in [-0.1, -0.05) is 5.21 Å². The van der Waals surface area contributed by atoms with Crippen molar-refractivity contribution in [3.63, 3.8) is 0 Å². The minimum atomic E-state index is -3.54. The van der Waals surface area contributed by atoms with Crippen molar-refractivity contribution in [1.82, 2.24) is 24.7 Å². The first-order valence-electron chi connectivity index (χ1n) is 5.59. The van der Waals surface area contributed by atoms with Crippen LogP contribution in [-0.2, 0) is 16.6 Å². The van der Waals surface area contributed by atoms with Crippen molar-refractivity contribution in [2.75, 3.05) is 18.9 Å². The first kappa shape index (κ1) is 13.4. The van der Waals surface area contributed by atoms with Crippen LogP contribution in [0.3, 0.4) is 0 Å². The monoisotopic (exact) mass is 282 g/mol. The first-order chi connectivity index (χ1) is 9.12. The summed E-state index contributed by atoms with van der Waals surface area (Å²) in [5, 5.41) is 10.2. The Balaban J connectivity index is 2.01. The molecule has 0 unspecified atom stereocenters. The average Bonchev–Trinajstić information content (AvgIpc) is 2.92. The fraction of sp³-hybridized carbons (Fsp3) is 0.300. The zero-order valence-electron chi connectivity index (χ0n) is 10.3. The highest BCUT2D eigenvalue weighted by atomic mass is 32.2. The van der Waals surface area contributed by atoms with Crippen LogP contribution in [0, 0.1) is 0 Å². The standard InChI is InChI=1S/C10H14N6O2S/c1-11-10-8-9(2-3-12-10)19(17,18)14-5-7-16-6-4-13-15-16/h2-4,6,8,14H,5,7H2,1H3,(H,11,12). The van der Waals surface area contributed by atoms with Gasteiger partial charge in [0, 0.05) is 32.1 Å². The molecule has 0 amide bonds. The average molecular weight is 282 g/mol. The second kappa shape index (κ2) is 5.76. The van der Waals surface area contributed by atoms with Crippen LogP contribution in [-0.4, -0.2) is 42.0 Å². The molecular formula is C10H14N6O2S. The predicted molar refractivity (Wildman–Crippen MR) is 69.0 cm³/mol. The van der Waals surface area contributed by atoms with Gasteiger partial charge in [0.05, 0.1) is 17.6 Å². The zero-order valence-corrected chi connectivity index (χ0v) is 11.1. The van der Waals surface area contributed by atoms with E-state index < -0.39 is 10.0 Å². The number of aromatic nitrogens is 4. The summed E-state index contributed by atoms with van der Waals surface area (Å²) in [6.45, 7) is 0.659. The summed E-state index contributed by atoms with van der Waals surface area (Å²) in [6.07, 6.45) is 4.65. The summed E-state index contributed by atoms with van der Waals surface area (Å²) in [4.78, 5) is 4.14. The van der Waals surface area contributed by atoms with Crippen molar-refractivity contribution >= 4 is 15.8 Å². The highest BCUT2D eigenvalue weighted by Gasteiger charge is 2.14. The Hall–Kier alpha value is -2.00. The van der Waals surface area contributed by atoms with Crippen LogP contribution < -0.4 is 10.0 Å². The number of pyridine rings is 1. The van der Waals surface area contributed by atoms with Crippen LogP contribution in [0.1, 0.15) is 0 Å². The highest BCUT2D eigenvalue weighted by molar-refractivity contribution is 7.89. The number of hydrogen-bond donors (Lipinski definition) is 2. The summed E-state index contributed by atoms with van der Waals surface area (Å²) in [5.74, 6) is 0.499. The Morgan fingerprint density at radius 2 is 2.21 bits per heavy atom. The predicted octanol–water partition coefficient (Wildman–Crippen LogP) is -0.307. The van der Waals surface area contributed by atoms with Crippen LogP contribution >= 0.6 is 0 Å². The summed E-state index contributed by atoms with van der Waals surface area (Å²) in [7, 11) is -1.86. The fourth-order valence-corrected chi connectivity index (χ4v) is 2.48. The number of nitrogens with one attached hydrogen (secondary N) is 2. The summed E-state index contributed by atoms with van der Waals surface area (Å²) >= 11 is 0. The molecule has 102 valence electrons. The van der Waals surface area contributed by atoms with Crippen molar-refractivity contribution in [3.8, 4) is 0 Å². The van der Waals surface area contributed by atoms with Gasteiger partial charge in [0.25, 0.3) is 0 Å². The summed E-state index contributed by atoms with van der Waals surface area (Å²) in [5.41, 5.74) is 0. The van der Waals surface area contributed by atoms with Gasteiger partial charge in [0.2, 0.25) is 10.0 Å². The van der Waals surface area contributed by atoms with Gasteiger partial charge in [-0.3, -0.25) is 4.68 Å². The molecule has 0 saturated heterocycles. The molecule has 0 atom stereocenters. The maximum atomic E-state index is 12.0. The first-order valence-corrected chi connectivity index (χ1v) is 7.08. The molecular weight excluding hydrogens is 268 g/mol. The summed E-state index contributed by atoms with van der Waals surface area (Å²) < 4.78 is 28.1. The molecule has 0 aliphatic heterocycles. The Morgan fingerprint density at radius 1 is 1.37 bits per heavy atom. The number of hydrogen-bond acceptors (Lipinski definition) is 6. The van der Waals surface area contributed by atoms with Crippen LogP contribution in [0.5, 0.6) is 0 Å². The van der Waals surface area contributed by atoms with Gasteiger partial charge in [-0.15, -0.1) is 5.10 Å². The van der Waals surface area contributed by atoms with Gasteiger partial charge in [-0.25, -0.2) is 18.1 Å². The van der Waals surface area contributed by atoms with Crippen molar-refractivity contribution in [2.24, 2.45) is 0 Å². The Kier molecular flexibility index (Phi) is 4.07. The van der Waals surface area contributed by atoms with Gasteiger partial charge < -0.3 is 5.32 Å². The van der Waals surface area contributed by atoms with Gasteiger partial charge in [-0.05, 0) is 6.07 Å². The van der Waals surface area contributed by atoms with E-state index in [0.717, 1.165) is 0 Å². The molecule has 0 radical (unpaired) electrons. The Morgan fingerprint density at radius 3 is 2.89 bits per heavy atom. The second-order valence-corrected chi connectivity index (χ2v) is 5.46.